The Bertz CT molecular complexity index is 184. The summed E-state index contributed by atoms with van der Waals surface area (Å²) in [6.07, 6.45) is 1.01. The van der Waals surface area contributed by atoms with Crippen molar-refractivity contribution in [2.45, 2.75) is 13.3 Å². The molecule has 1 heterocycles. The van der Waals surface area contributed by atoms with Crippen molar-refractivity contribution in [1.29, 1.82) is 0 Å². The smallest absolute Gasteiger partial charge is 0.319 e. The maximum atomic E-state index is 11.5. The van der Waals surface area contributed by atoms with Crippen molar-refractivity contribution in [3.8, 4) is 0 Å². The number of urea groups is 1. The van der Waals surface area contributed by atoms with Crippen LogP contribution < -0.4 is 5.73 Å². The Balaban J connectivity index is 2.52. The summed E-state index contributed by atoms with van der Waals surface area (Å²) in [5.74, 6) is 0.549. The third-order valence-electron chi connectivity index (χ3n) is 2.56. The van der Waals surface area contributed by atoms with Gasteiger partial charge < -0.3 is 15.5 Å². The number of rotatable bonds is 3. The molecule has 0 aromatic carbocycles. The van der Waals surface area contributed by atoms with Crippen LogP contribution in [0, 0.1) is 5.92 Å². The molecule has 4 heteroatoms. The van der Waals surface area contributed by atoms with E-state index in [2.05, 4.69) is 0 Å². The summed E-state index contributed by atoms with van der Waals surface area (Å²) in [5.41, 5.74) is 5.50. The van der Waals surface area contributed by atoms with Crippen LogP contribution >= 0.6 is 0 Å². The average molecular weight is 185 g/mol. The minimum absolute atomic E-state index is 0.149. The molecular formula is C9H19N3O. The monoisotopic (exact) mass is 185 g/mol. The Morgan fingerprint density at radius 3 is 2.77 bits per heavy atom. The van der Waals surface area contributed by atoms with Gasteiger partial charge in [0, 0.05) is 26.7 Å². The predicted octanol–water partition coefficient (Wildman–Crippen LogP) is 0.339. The zero-order chi connectivity index (χ0) is 9.84. The van der Waals surface area contributed by atoms with Gasteiger partial charge in [-0.25, -0.2) is 4.79 Å². The summed E-state index contributed by atoms with van der Waals surface area (Å²) in [7, 11) is 1.85. The standard InChI is InChI=1S/C9H19N3O/c1-3-12-7-8(4-5-10)6-11(2)9(12)13/h8H,3-7,10H2,1-2H3. The number of hydrogen-bond donors (Lipinski definition) is 1. The second-order valence-electron chi connectivity index (χ2n) is 3.65. The van der Waals surface area contributed by atoms with E-state index in [1.807, 2.05) is 18.9 Å². The number of hydrogen-bond acceptors (Lipinski definition) is 2. The Kier molecular flexibility index (Phi) is 3.54. The minimum atomic E-state index is 0.149. The second kappa shape index (κ2) is 4.46. The first kappa shape index (κ1) is 10.3. The molecule has 0 saturated carbocycles. The number of carbonyl (C=O) groups is 1. The van der Waals surface area contributed by atoms with Gasteiger partial charge in [0.05, 0.1) is 0 Å². The lowest BCUT2D eigenvalue weighted by atomic mass is 10.0. The lowest BCUT2D eigenvalue weighted by Crippen LogP contribution is -2.51. The van der Waals surface area contributed by atoms with E-state index in [4.69, 9.17) is 5.73 Å². The minimum Gasteiger partial charge on any atom is -0.330 e. The van der Waals surface area contributed by atoms with Crippen molar-refractivity contribution >= 4 is 6.03 Å². The van der Waals surface area contributed by atoms with E-state index in [1.54, 1.807) is 4.90 Å². The van der Waals surface area contributed by atoms with Crippen LogP contribution in [0.5, 0.6) is 0 Å². The zero-order valence-corrected chi connectivity index (χ0v) is 8.49. The first-order valence-electron chi connectivity index (χ1n) is 4.89. The van der Waals surface area contributed by atoms with Gasteiger partial charge in [0.25, 0.3) is 0 Å². The Morgan fingerprint density at radius 2 is 2.23 bits per heavy atom. The van der Waals surface area contributed by atoms with Gasteiger partial charge in [-0.2, -0.15) is 0 Å². The Morgan fingerprint density at radius 1 is 1.54 bits per heavy atom. The van der Waals surface area contributed by atoms with Gasteiger partial charge in [-0.3, -0.25) is 0 Å². The highest BCUT2D eigenvalue weighted by atomic mass is 16.2. The molecule has 76 valence electrons. The Labute approximate surface area is 79.7 Å². The highest BCUT2D eigenvalue weighted by molar-refractivity contribution is 5.74. The lowest BCUT2D eigenvalue weighted by Gasteiger charge is -2.37. The molecule has 0 spiro atoms. The average Bonchev–Trinajstić information content (AvgIpc) is 2.11. The molecule has 4 nitrogen and oxygen atoms in total. The third kappa shape index (κ3) is 2.34. The van der Waals surface area contributed by atoms with Crippen LogP contribution in [-0.2, 0) is 0 Å². The first-order chi connectivity index (χ1) is 6.19. The predicted molar refractivity (Wildman–Crippen MR) is 52.4 cm³/mol. The quantitative estimate of drug-likeness (QED) is 0.689. The van der Waals surface area contributed by atoms with Crippen molar-refractivity contribution in [2.24, 2.45) is 11.7 Å². The number of amides is 2. The van der Waals surface area contributed by atoms with Crippen LogP contribution in [0.1, 0.15) is 13.3 Å². The molecule has 1 unspecified atom stereocenters. The molecular weight excluding hydrogens is 166 g/mol. The van der Waals surface area contributed by atoms with Crippen LogP contribution in [0.25, 0.3) is 0 Å². The maximum Gasteiger partial charge on any atom is 0.319 e. The van der Waals surface area contributed by atoms with Crippen molar-refractivity contribution < 1.29 is 4.79 Å². The van der Waals surface area contributed by atoms with E-state index in [9.17, 15) is 4.79 Å². The topological polar surface area (TPSA) is 49.6 Å². The Hall–Kier alpha value is -0.770. The largest absolute Gasteiger partial charge is 0.330 e. The molecule has 1 aliphatic heterocycles. The zero-order valence-electron chi connectivity index (χ0n) is 8.49. The molecule has 1 saturated heterocycles. The van der Waals surface area contributed by atoms with Crippen LogP contribution in [0.4, 0.5) is 4.79 Å². The van der Waals surface area contributed by atoms with Crippen molar-refractivity contribution in [2.75, 3.05) is 33.2 Å². The van der Waals surface area contributed by atoms with Gasteiger partial charge in [0.2, 0.25) is 0 Å². The van der Waals surface area contributed by atoms with E-state index in [0.29, 0.717) is 12.5 Å². The third-order valence-corrected chi connectivity index (χ3v) is 2.56. The normalized spacial score (nSPS) is 23.9. The summed E-state index contributed by atoms with van der Waals surface area (Å²) in [6, 6.07) is 0.149. The number of nitrogens with two attached hydrogens (primary N) is 1. The molecule has 1 aliphatic rings. The molecule has 0 aliphatic carbocycles. The van der Waals surface area contributed by atoms with Gasteiger partial charge in [0.15, 0.2) is 0 Å². The highest BCUT2D eigenvalue weighted by Crippen LogP contribution is 2.14. The fourth-order valence-corrected chi connectivity index (χ4v) is 1.84. The molecule has 0 radical (unpaired) electrons. The van der Waals surface area contributed by atoms with E-state index in [0.717, 1.165) is 26.1 Å². The lowest BCUT2D eigenvalue weighted by molar-refractivity contribution is 0.116. The molecule has 1 atom stereocenters. The molecule has 0 aromatic heterocycles. The van der Waals surface area contributed by atoms with Crippen LogP contribution in [-0.4, -0.2) is 49.1 Å². The van der Waals surface area contributed by atoms with Gasteiger partial charge >= 0.3 is 6.03 Å². The van der Waals surface area contributed by atoms with Crippen molar-refractivity contribution in [1.82, 2.24) is 9.80 Å². The van der Waals surface area contributed by atoms with E-state index in [-0.39, 0.29) is 6.03 Å². The van der Waals surface area contributed by atoms with Gasteiger partial charge in [-0.05, 0) is 25.8 Å². The molecule has 13 heavy (non-hydrogen) atoms. The molecule has 2 N–H and O–H groups in total. The molecule has 0 aromatic rings. The SMILES string of the molecule is CCN1CC(CCN)CN(C)C1=O. The van der Waals surface area contributed by atoms with Gasteiger partial charge in [-0.15, -0.1) is 0 Å². The van der Waals surface area contributed by atoms with E-state index < -0.39 is 0 Å². The van der Waals surface area contributed by atoms with E-state index in [1.165, 1.54) is 0 Å². The maximum absolute atomic E-state index is 11.5. The summed E-state index contributed by atoms with van der Waals surface area (Å²) >= 11 is 0. The van der Waals surface area contributed by atoms with Crippen LogP contribution in [0.3, 0.4) is 0 Å². The summed E-state index contributed by atoms with van der Waals surface area (Å²) in [5, 5.41) is 0. The van der Waals surface area contributed by atoms with Gasteiger partial charge in [0.1, 0.15) is 0 Å². The fraction of sp³-hybridized carbons (Fsp3) is 0.889. The van der Waals surface area contributed by atoms with Crippen molar-refractivity contribution in [3.63, 3.8) is 0 Å². The number of carbonyl (C=O) groups excluding carboxylic acids is 1. The van der Waals surface area contributed by atoms with Crippen LogP contribution in [0.2, 0.25) is 0 Å². The van der Waals surface area contributed by atoms with E-state index >= 15 is 0 Å². The first-order valence-corrected chi connectivity index (χ1v) is 4.89. The number of nitrogens with zero attached hydrogens (tertiary/aromatic N) is 2. The highest BCUT2D eigenvalue weighted by Gasteiger charge is 2.27. The fourth-order valence-electron chi connectivity index (χ4n) is 1.84. The summed E-state index contributed by atoms with van der Waals surface area (Å²) < 4.78 is 0. The molecule has 1 rings (SSSR count). The van der Waals surface area contributed by atoms with Crippen molar-refractivity contribution in [3.05, 3.63) is 0 Å². The summed E-state index contributed by atoms with van der Waals surface area (Å²) in [6.45, 7) is 5.24. The second-order valence-corrected chi connectivity index (χ2v) is 3.65. The molecule has 1 fully saturated rings. The molecule has 0 bridgehead atoms. The summed E-state index contributed by atoms with van der Waals surface area (Å²) in [4.78, 5) is 15.2. The van der Waals surface area contributed by atoms with Gasteiger partial charge in [-0.1, -0.05) is 0 Å². The van der Waals surface area contributed by atoms with Crippen LogP contribution in [0.15, 0.2) is 0 Å². The molecule has 2 amide bonds.